The lowest BCUT2D eigenvalue weighted by molar-refractivity contribution is -0.292. The van der Waals surface area contributed by atoms with Gasteiger partial charge in [-0.25, -0.2) is 0 Å². The Hall–Kier alpha value is -3.05. The van der Waals surface area contributed by atoms with Gasteiger partial charge in [0.25, 0.3) is 0 Å². The Kier molecular flexibility index (Phi) is 6.46. The van der Waals surface area contributed by atoms with Crippen LogP contribution in [0.4, 0.5) is 0 Å². The summed E-state index contributed by atoms with van der Waals surface area (Å²) in [7, 11) is 1.59. The highest BCUT2D eigenvalue weighted by Crippen LogP contribution is 2.55. The molecule has 0 aromatic heterocycles. The maximum atomic E-state index is 11.3. The minimum absolute atomic E-state index is 0.0178. The van der Waals surface area contributed by atoms with Crippen LogP contribution in [0.5, 0.6) is 23.0 Å². The van der Waals surface area contributed by atoms with Gasteiger partial charge in [0.2, 0.25) is 6.29 Å². The first-order valence-electron chi connectivity index (χ1n) is 11.8. The number of aromatic hydroxyl groups is 1. The van der Waals surface area contributed by atoms with Crippen LogP contribution in [0.2, 0.25) is 0 Å². The smallest absolute Gasteiger partial charge is 0.302 e. The van der Waals surface area contributed by atoms with Crippen LogP contribution in [0.3, 0.4) is 0 Å². The lowest BCUT2D eigenvalue weighted by atomic mass is 9.90. The van der Waals surface area contributed by atoms with Crippen molar-refractivity contribution in [3.8, 4) is 23.0 Å². The number of carbonyl (C=O) groups is 1. The lowest BCUT2D eigenvalue weighted by Crippen LogP contribution is -2.60. The van der Waals surface area contributed by atoms with Crippen LogP contribution in [-0.4, -0.2) is 65.7 Å². The van der Waals surface area contributed by atoms with Gasteiger partial charge in [0, 0.05) is 24.5 Å². The second kappa shape index (κ2) is 9.44. The molecule has 0 aliphatic carbocycles. The molecule has 5 rings (SSSR count). The summed E-state index contributed by atoms with van der Waals surface area (Å²) in [6.45, 7) is 4.46. The van der Waals surface area contributed by atoms with Gasteiger partial charge in [0.1, 0.15) is 60.1 Å². The van der Waals surface area contributed by atoms with Gasteiger partial charge in [0.15, 0.2) is 0 Å². The van der Waals surface area contributed by atoms with Crippen molar-refractivity contribution in [2.75, 3.05) is 13.7 Å². The Labute approximate surface area is 208 Å². The summed E-state index contributed by atoms with van der Waals surface area (Å²) >= 11 is 0. The first kappa shape index (κ1) is 24.6. The Morgan fingerprint density at radius 1 is 1.00 bits per heavy atom. The molecule has 10 nitrogen and oxygen atoms in total. The Bertz CT molecular complexity index is 1150. The predicted octanol–water partition coefficient (Wildman–Crippen LogP) is 2.37. The van der Waals surface area contributed by atoms with Gasteiger partial charge < -0.3 is 43.7 Å². The van der Waals surface area contributed by atoms with E-state index in [0.717, 1.165) is 5.56 Å². The zero-order valence-corrected chi connectivity index (χ0v) is 20.5. The molecule has 0 unspecified atom stereocenters. The topological polar surface area (TPSA) is 133 Å². The van der Waals surface area contributed by atoms with E-state index in [1.54, 1.807) is 21.0 Å². The van der Waals surface area contributed by atoms with Crippen molar-refractivity contribution in [2.45, 2.75) is 70.1 Å². The molecule has 7 atom stereocenters. The van der Waals surface area contributed by atoms with E-state index in [1.165, 1.54) is 6.92 Å². The average Bonchev–Trinajstić information content (AvgIpc) is 3.04. The van der Waals surface area contributed by atoms with Crippen molar-refractivity contribution in [1.29, 1.82) is 0 Å². The molecule has 10 heteroatoms. The number of phenolic OH excluding ortho intramolecular Hbond substituents is 1. The minimum atomic E-state index is -1.38. The molecule has 3 aliphatic heterocycles. The van der Waals surface area contributed by atoms with E-state index in [-0.39, 0.29) is 12.4 Å². The number of fused-ring (bicyclic) bond motifs is 1. The van der Waals surface area contributed by atoms with E-state index in [1.807, 2.05) is 24.3 Å². The summed E-state index contributed by atoms with van der Waals surface area (Å²) < 4.78 is 35.1. The van der Waals surface area contributed by atoms with Crippen molar-refractivity contribution >= 4 is 5.97 Å². The number of esters is 1. The molecule has 3 aliphatic rings. The van der Waals surface area contributed by atoms with E-state index in [2.05, 4.69) is 0 Å². The number of hydrogen-bond acceptors (Lipinski definition) is 10. The summed E-state index contributed by atoms with van der Waals surface area (Å²) in [6.07, 6.45) is -6.55. The predicted molar refractivity (Wildman–Crippen MR) is 124 cm³/mol. The highest BCUT2D eigenvalue weighted by atomic mass is 16.7. The molecule has 2 aromatic carbocycles. The van der Waals surface area contributed by atoms with Gasteiger partial charge in [-0.05, 0) is 31.5 Å². The van der Waals surface area contributed by atoms with Crippen molar-refractivity contribution in [3.05, 3.63) is 46.5 Å². The number of aliphatic hydroxyl groups is 2. The van der Waals surface area contributed by atoms with Crippen LogP contribution < -0.4 is 14.2 Å². The van der Waals surface area contributed by atoms with Gasteiger partial charge in [-0.1, -0.05) is 12.1 Å². The van der Waals surface area contributed by atoms with Gasteiger partial charge in [-0.3, -0.25) is 4.79 Å². The Morgan fingerprint density at radius 2 is 1.67 bits per heavy atom. The highest BCUT2D eigenvalue weighted by molar-refractivity contribution is 5.66. The Balaban J connectivity index is 1.53. The van der Waals surface area contributed by atoms with Crippen LogP contribution in [-0.2, 0) is 19.0 Å². The van der Waals surface area contributed by atoms with Crippen LogP contribution in [0, 0.1) is 13.8 Å². The zero-order chi connectivity index (χ0) is 25.7. The quantitative estimate of drug-likeness (QED) is 0.535. The first-order valence-corrected chi connectivity index (χ1v) is 11.8. The molecule has 3 N–H and O–H groups in total. The summed E-state index contributed by atoms with van der Waals surface area (Å²) in [5.41, 5.74) is 2.52. The van der Waals surface area contributed by atoms with Crippen LogP contribution in [0.25, 0.3) is 0 Å². The molecule has 0 saturated carbocycles. The van der Waals surface area contributed by atoms with Crippen molar-refractivity contribution < 1.29 is 48.5 Å². The molecule has 3 heterocycles. The number of rotatable bonds is 4. The third-order valence-electron chi connectivity index (χ3n) is 7.03. The molecule has 0 bridgehead atoms. The molecular formula is C26H30O10. The monoisotopic (exact) mass is 502 g/mol. The molecule has 2 aromatic rings. The van der Waals surface area contributed by atoms with Crippen LogP contribution >= 0.6 is 0 Å². The average molecular weight is 503 g/mol. The Morgan fingerprint density at radius 3 is 2.31 bits per heavy atom. The summed E-state index contributed by atoms with van der Waals surface area (Å²) in [5.74, 6) is 0.968. The number of hydrogen-bond donors (Lipinski definition) is 3. The molecule has 1 saturated heterocycles. The molecule has 0 radical (unpaired) electrons. The van der Waals surface area contributed by atoms with Gasteiger partial charge in [0.05, 0.1) is 18.8 Å². The summed E-state index contributed by atoms with van der Waals surface area (Å²) in [6, 6.07) is 7.47. The first-order chi connectivity index (χ1) is 17.2. The van der Waals surface area contributed by atoms with Crippen LogP contribution in [0.15, 0.2) is 24.3 Å². The zero-order valence-electron chi connectivity index (χ0n) is 20.5. The van der Waals surface area contributed by atoms with Crippen LogP contribution in [0.1, 0.15) is 47.8 Å². The fourth-order valence-electron chi connectivity index (χ4n) is 5.04. The molecule has 36 heavy (non-hydrogen) atoms. The van der Waals surface area contributed by atoms with E-state index < -0.39 is 48.9 Å². The SMILES string of the molecule is COc1ccc([C@H]2C[C@@H]3O[C@H]4[C@H](Oc5c(C)c(O)c(C)c(c53)O2)O[C@H](COC(C)=O)[C@@H](O)[C@@H]4O)cc1. The van der Waals surface area contributed by atoms with Crippen molar-refractivity contribution in [1.82, 2.24) is 0 Å². The lowest BCUT2D eigenvalue weighted by Gasteiger charge is -2.41. The summed E-state index contributed by atoms with van der Waals surface area (Å²) in [4.78, 5) is 11.3. The van der Waals surface area contributed by atoms with Gasteiger partial charge in [-0.2, -0.15) is 0 Å². The number of phenols is 1. The summed E-state index contributed by atoms with van der Waals surface area (Å²) in [5, 5.41) is 32.5. The highest BCUT2D eigenvalue weighted by Gasteiger charge is 2.51. The second-order valence-electron chi connectivity index (χ2n) is 9.32. The van der Waals surface area contributed by atoms with Gasteiger partial charge >= 0.3 is 5.97 Å². The molecular weight excluding hydrogens is 472 g/mol. The maximum absolute atomic E-state index is 11.3. The fourth-order valence-corrected chi connectivity index (χ4v) is 5.04. The standard InChI is InChI=1S/C26H30O10/c1-11-20(28)12(2)24-19-17(9-16(33-23(11)19)14-5-7-15(31-4)8-6-14)34-25-22(30)21(29)18(10-32-13(3)27)35-26(25)36-24/h5-8,16-18,21-22,25-26,28-30H,9-10H2,1-4H3/t16-,17+,18-,21-,22+,25-,26+/m1/s1. The molecule has 194 valence electrons. The number of aliphatic hydroxyl groups excluding tert-OH is 2. The van der Waals surface area contributed by atoms with Crippen molar-refractivity contribution in [3.63, 3.8) is 0 Å². The molecule has 0 spiro atoms. The minimum Gasteiger partial charge on any atom is -0.507 e. The number of benzene rings is 2. The normalized spacial score (nSPS) is 30.7. The number of carbonyl (C=O) groups excluding carboxylic acids is 1. The molecule has 0 amide bonds. The fraction of sp³-hybridized carbons (Fsp3) is 0.500. The largest absolute Gasteiger partial charge is 0.507 e. The number of methoxy groups -OCH3 is 1. The maximum Gasteiger partial charge on any atom is 0.302 e. The number of ether oxygens (including phenoxy) is 6. The molecule has 1 fully saturated rings. The van der Waals surface area contributed by atoms with E-state index in [9.17, 15) is 20.1 Å². The van der Waals surface area contributed by atoms with E-state index >= 15 is 0 Å². The van der Waals surface area contributed by atoms with E-state index in [4.69, 9.17) is 28.4 Å². The second-order valence-corrected chi connectivity index (χ2v) is 9.32. The third-order valence-corrected chi connectivity index (χ3v) is 7.03. The third kappa shape index (κ3) is 4.13. The van der Waals surface area contributed by atoms with E-state index in [0.29, 0.717) is 40.4 Å². The van der Waals surface area contributed by atoms with Crippen molar-refractivity contribution in [2.24, 2.45) is 0 Å². The van der Waals surface area contributed by atoms with Gasteiger partial charge in [-0.15, -0.1) is 0 Å².